The van der Waals surface area contributed by atoms with Crippen LogP contribution in [0.1, 0.15) is 32.1 Å². The minimum absolute atomic E-state index is 0.0360. The fourth-order valence-corrected chi connectivity index (χ4v) is 3.88. The Morgan fingerprint density at radius 1 is 1.06 bits per heavy atom. The molecule has 3 aliphatic rings. The molecule has 3 aliphatic carbocycles. The van der Waals surface area contributed by atoms with Gasteiger partial charge in [0.05, 0.1) is 11.8 Å². The van der Waals surface area contributed by atoms with Gasteiger partial charge in [0.1, 0.15) is 0 Å². The van der Waals surface area contributed by atoms with Crippen LogP contribution in [0.3, 0.4) is 0 Å². The summed E-state index contributed by atoms with van der Waals surface area (Å²) in [5, 5.41) is 12.4. The average Bonchev–Trinajstić information content (AvgIpc) is 3.03. The first-order valence-electron chi connectivity index (χ1n) is 6.88. The normalized spacial score (nSPS) is 38.2. The lowest BCUT2D eigenvalue weighted by Gasteiger charge is -2.25. The van der Waals surface area contributed by atoms with E-state index in [-0.39, 0.29) is 29.7 Å². The van der Waals surface area contributed by atoms with Crippen LogP contribution in [0, 0.1) is 23.7 Å². The number of amides is 1. The molecule has 4 nitrogen and oxygen atoms in total. The maximum atomic E-state index is 12.3. The highest BCUT2D eigenvalue weighted by Crippen LogP contribution is 2.48. The number of carboxylic acids is 1. The highest BCUT2D eigenvalue weighted by Gasteiger charge is 2.51. The summed E-state index contributed by atoms with van der Waals surface area (Å²) >= 11 is 0. The second-order valence-electron chi connectivity index (χ2n) is 5.83. The maximum absolute atomic E-state index is 12.3. The van der Waals surface area contributed by atoms with Gasteiger partial charge in [-0.15, -0.1) is 0 Å². The van der Waals surface area contributed by atoms with Crippen LogP contribution in [0.5, 0.6) is 0 Å². The van der Waals surface area contributed by atoms with Gasteiger partial charge in [-0.1, -0.05) is 25.0 Å². The number of carboxylic acid groups (broad SMARTS) is 1. The molecule has 98 valence electrons. The molecule has 4 heteroatoms. The number of hydrogen-bond acceptors (Lipinski definition) is 2. The van der Waals surface area contributed by atoms with Crippen LogP contribution in [-0.2, 0) is 9.59 Å². The second kappa shape index (κ2) is 4.41. The Balaban J connectivity index is 1.71. The van der Waals surface area contributed by atoms with Gasteiger partial charge in [-0.3, -0.25) is 9.59 Å². The Kier molecular flexibility index (Phi) is 2.88. The smallest absolute Gasteiger partial charge is 0.307 e. The van der Waals surface area contributed by atoms with Crippen molar-refractivity contribution < 1.29 is 14.7 Å². The Labute approximate surface area is 106 Å². The van der Waals surface area contributed by atoms with Crippen LogP contribution in [0.2, 0.25) is 0 Å². The van der Waals surface area contributed by atoms with Crippen LogP contribution in [0.15, 0.2) is 12.2 Å². The predicted octanol–water partition coefficient (Wildman–Crippen LogP) is 1.57. The average molecular weight is 249 g/mol. The molecule has 2 N–H and O–H groups in total. The van der Waals surface area contributed by atoms with E-state index in [1.807, 2.05) is 12.2 Å². The highest BCUT2D eigenvalue weighted by atomic mass is 16.4. The number of fused-ring (bicyclic) bond motifs is 2. The van der Waals surface area contributed by atoms with Gasteiger partial charge in [0.25, 0.3) is 0 Å². The molecule has 2 fully saturated rings. The van der Waals surface area contributed by atoms with E-state index >= 15 is 0 Å². The van der Waals surface area contributed by atoms with E-state index in [1.165, 1.54) is 12.8 Å². The molecule has 0 saturated heterocycles. The van der Waals surface area contributed by atoms with Gasteiger partial charge in [-0.2, -0.15) is 0 Å². The SMILES string of the molecule is O=C(O)[C@H]1[C@H](C(=O)NC2CCCC2)[C@H]2C=C[C@H]1C2. The number of allylic oxidation sites excluding steroid dienone is 2. The molecule has 2 saturated carbocycles. The molecular weight excluding hydrogens is 230 g/mol. The minimum Gasteiger partial charge on any atom is -0.481 e. The summed E-state index contributed by atoms with van der Waals surface area (Å²) in [5.74, 6) is -1.52. The third-order valence-corrected chi connectivity index (χ3v) is 4.75. The van der Waals surface area contributed by atoms with Crippen LogP contribution < -0.4 is 5.32 Å². The monoisotopic (exact) mass is 249 g/mol. The first kappa shape index (κ1) is 11.8. The Hall–Kier alpha value is -1.32. The molecule has 0 radical (unpaired) electrons. The lowest BCUT2D eigenvalue weighted by molar-refractivity contribution is -0.148. The highest BCUT2D eigenvalue weighted by molar-refractivity contribution is 5.87. The Morgan fingerprint density at radius 3 is 2.28 bits per heavy atom. The summed E-state index contributed by atoms with van der Waals surface area (Å²) in [6.07, 6.45) is 9.26. The second-order valence-corrected chi connectivity index (χ2v) is 5.83. The molecule has 1 amide bonds. The largest absolute Gasteiger partial charge is 0.481 e. The van der Waals surface area contributed by atoms with Gasteiger partial charge in [0.15, 0.2) is 0 Å². The van der Waals surface area contributed by atoms with Gasteiger partial charge in [-0.25, -0.2) is 0 Å². The van der Waals surface area contributed by atoms with E-state index in [4.69, 9.17) is 0 Å². The molecule has 4 atom stereocenters. The zero-order valence-electron chi connectivity index (χ0n) is 10.3. The van der Waals surface area contributed by atoms with Crippen molar-refractivity contribution in [2.45, 2.75) is 38.1 Å². The quantitative estimate of drug-likeness (QED) is 0.746. The number of rotatable bonds is 3. The molecular formula is C14H19NO3. The summed E-state index contributed by atoms with van der Waals surface area (Å²) < 4.78 is 0. The Bertz CT molecular complexity index is 398. The van der Waals surface area contributed by atoms with Gasteiger partial charge < -0.3 is 10.4 Å². The maximum Gasteiger partial charge on any atom is 0.307 e. The van der Waals surface area contributed by atoms with Crippen molar-refractivity contribution in [1.82, 2.24) is 5.32 Å². The van der Waals surface area contributed by atoms with E-state index in [9.17, 15) is 14.7 Å². The molecule has 0 aromatic rings. The summed E-state index contributed by atoms with van der Waals surface area (Å²) in [5.41, 5.74) is 0. The fraction of sp³-hybridized carbons (Fsp3) is 0.714. The zero-order chi connectivity index (χ0) is 12.7. The summed E-state index contributed by atoms with van der Waals surface area (Å²) in [7, 11) is 0. The van der Waals surface area contributed by atoms with Gasteiger partial charge in [0.2, 0.25) is 5.91 Å². The number of carbonyl (C=O) groups is 2. The van der Waals surface area contributed by atoms with E-state index < -0.39 is 11.9 Å². The van der Waals surface area contributed by atoms with Crippen molar-refractivity contribution in [2.24, 2.45) is 23.7 Å². The molecule has 0 heterocycles. The molecule has 18 heavy (non-hydrogen) atoms. The predicted molar refractivity (Wildman–Crippen MR) is 65.8 cm³/mol. The van der Waals surface area contributed by atoms with E-state index in [2.05, 4.69) is 5.32 Å². The van der Waals surface area contributed by atoms with Crippen molar-refractivity contribution in [3.8, 4) is 0 Å². The third-order valence-electron chi connectivity index (χ3n) is 4.75. The van der Waals surface area contributed by atoms with Crippen molar-refractivity contribution in [1.29, 1.82) is 0 Å². The number of aliphatic carboxylic acids is 1. The molecule has 0 aromatic heterocycles. The van der Waals surface area contributed by atoms with Crippen LogP contribution in [0.4, 0.5) is 0 Å². The first-order valence-corrected chi connectivity index (χ1v) is 6.88. The van der Waals surface area contributed by atoms with E-state index in [0.29, 0.717) is 0 Å². The van der Waals surface area contributed by atoms with Gasteiger partial charge in [0, 0.05) is 6.04 Å². The number of carbonyl (C=O) groups excluding carboxylic acids is 1. The summed E-state index contributed by atoms with van der Waals surface area (Å²) in [6, 6.07) is 0.273. The zero-order valence-corrected chi connectivity index (χ0v) is 10.3. The molecule has 0 aliphatic heterocycles. The fourth-order valence-electron chi connectivity index (χ4n) is 3.88. The molecule has 0 unspecified atom stereocenters. The molecule has 0 aromatic carbocycles. The van der Waals surface area contributed by atoms with E-state index in [0.717, 1.165) is 19.3 Å². The number of nitrogens with one attached hydrogen (secondary N) is 1. The third kappa shape index (κ3) is 1.84. The van der Waals surface area contributed by atoms with E-state index in [1.54, 1.807) is 0 Å². The topological polar surface area (TPSA) is 66.4 Å². The van der Waals surface area contributed by atoms with Crippen molar-refractivity contribution in [3.05, 3.63) is 12.2 Å². The van der Waals surface area contributed by atoms with Crippen LogP contribution in [-0.4, -0.2) is 23.0 Å². The number of hydrogen-bond donors (Lipinski definition) is 2. The van der Waals surface area contributed by atoms with Crippen LogP contribution >= 0.6 is 0 Å². The standard InChI is InChI=1S/C14H19NO3/c16-13(15-10-3-1-2-4-10)11-8-5-6-9(7-8)12(11)14(17)18/h5-6,8-12H,1-4,7H2,(H,15,16)(H,17,18)/t8-,9-,11+,12+/m0/s1. The lowest BCUT2D eigenvalue weighted by atomic mass is 9.82. The Morgan fingerprint density at radius 2 is 1.67 bits per heavy atom. The molecule has 0 spiro atoms. The van der Waals surface area contributed by atoms with Gasteiger partial charge >= 0.3 is 5.97 Å². The van der Waals surface area contributed by atoms with Crippen molar-refractivity contribution in [3.63, 3.8) is 0 Å². The van der Waals surface area contributed by atoms with Crippen molar-refractivity contribution in [2.75, 3.05) is 0 Å². The van der Waals surface area contributed by atoms with Crippen molar-refractivity contribution >= 4 is 11.9 Å². The van der Waals surface area contributed by atoms with Gasteiger partial charge in [-0.05, 0) is 31.1 Å². The lowest BCUT2D eigenvalue weighted by Crippen LogP contribution is -2.43. The first-order chi connectivity index (χ1) is 8.66. The summed E-state index contributed by atoms with van der Waals surface area (Å²) in [4.78, 5) is 23.6. The van der Waals surface area contributed by atoms with Crippen LogP contribution in [0.25, 0.3) is 0 Å². The molecule has 3 rings (SSSR count). The minimum atomic E-state index is -0.821. The molecule has 2 bridgehead atoms. The summed E-state index contributed by atoms with van der Waals surface area (Å²) in [6.45, 7) is 0.